The molecule has 95 heavy (non-hydrogen) atoms. The maximum atomic E-state index is 11.4. The second kappa shape index (κ2) is 43.5. The molecule has 7 rings (SSSR count). The molecule has 0 radical (unpaired) electrons. The number of carboxylic acid groups (broad SMARTS) is 1. The van der Waals surface area contributed by atoms with Crippen molar-refractivity contribution in [3.05, 3.63) is 169 Å². The molecule has 6 aromatic rings. The molecule has 0 amide bonds. The Morgan fingerprint density at radius 1 is 0.442 bits per heavy atom. The largest absolute Gasteiger partial charge is 0.503 e. The number of carboxylic acids is 1. The smallest absolute Gasteiger partial charge is 0.305 e. The van der Waals surface area contributed by atoms with Gasteiger partial charge in [0.25, 0.3) is 0 Å². The molecule has 0 aliphatic carbocycles. The Labute approximate surface area is 549 Å². The standard InChI is InChI=1S/C13H20N2O3.C13H21NO7.C10H13NO4.C10H15NO4.C10H15NO3.C8H11NO2.CH4/c1-2-11-13(17)12(16)3-4-15(11)6-5-14-7-9-18-10-8-14;1-2-7-11(19)8(16)3-4-14(7)5-9(17)12(20)13(21)10(18)6-15;1-2-7-10(15)8(12)3-5-11(7)6-4-9(13)14;1-2-8-10(15)9(14)3-4-11(8)5-7(13)6-12;1-2-8-10(14)9(13)4-6-11(8)5-3-7-12;1-3-6-8(11)7(10)4-5-9(6)2;/h3-4,17H,2,5-10H2,1H3;3-4,9-10,12-13,15,17-21H,2,5-6H2,1H3;3,5,15H,2,4,6H2,1H3,(H,13,14);3-4,7,12-13,15H,2,5-6H2,1H3;4,6,12,14H,2-3,5,7H2,1H3;4-5,11H,3H2,1-2H3;1H4. The van der Waals surface area contributed by atoms with E-state index in [2.05, 4.69) is 4.90 Å². The quantitative estimate of drug-likeness (QED) is 0.0375. The van der Waals surface area contributed by atoms with E-state index in [1.807, 2.05) is 25.3 Å². The van der Waals surface area contributed by atoms with Gasteiger partial charge in [0.1, 0.15) is 24.4 Å². The number of aliphatic hydroxyl groups excluding tert-OH is 8. The van der Waals surface area contributed by atoms with Crippen LogP contribution in [-0.2, 0) is 87.8 Å². The van der Waals surface area contributed by atoms with Crippen molar-refractivity contribution in [1.29, 1.82) is 0 Å². The molecule has 5 unspecified atom stereocenters. The lowest BCUT2D eigenvalue weighted by molar-refractivity contribution is -0.137. The molecule has 15 N–H and O–H groups in total. The zero-order chi connectivity index (χ0) is 70.9. The second-order valence-electron chi connectivity index (χ2n) is 21.3. The van der Waals surface area contributed by atoms with Crippen LogP contribution in [0.2, 0.25) is 0 Å². The first kappa shape index (κ1) is 84.6. The van der Waals surface area contributed by atoms with Crippen molar-refractivity contribution in [3.63, 3.8) is 0 Å². The van der Waals surface area contributed by atoms with Crippen LogP contribution < -0.4 is 32.6 Å². The first-order valence-corrected chi connectivity index (χ1v) is 30.8. The first-order valence-electron chi connectivity index (χ1n) is 30.8. The van der Waals surface area contributed by atoms with Gasteiger partial charge >= 0.3 is 5.97 Å². The second-order valence-corrected chi connectivity index (χ2v) is 21.3. The highest BCUT2D eigenvalue weighted by atomic mass is 16.5. The third-order valence-corrected chi connectivity index (χ3v) is 14.9. The lowest BCUT2D eigenvalue weighted by atomic mass is 10.0. The molecule has 6 aromatic heterocycles. The predicted octanol–water partition coefficient (Wildman–Crippen LogP) is -0.151. The molecule has 0 aromatic carbocycles. The molecule has 5 atom stereocenters. The fourth-order valence-corrected chi connectivity index (χ4v) is 9.61. The Balaban J connectivity index is 0.000000574. The van der Waals surface area contributed by atoms with E-state index in [0.29, 0.717) is 74.3 Å². The normalized spacial score (nSPS) is 13.3. The summed E-state index contributed by atoms with van der Waals surface area (Å²) >= 11 is 0. The molecule has 1 aliphatic heterocycles. The van der Waals surface area contributed by atoms with Gasteiger partial charge in [-0.3, -0.25) is 38.5 Å². The van der Waals surface area contributed by atoms with Gasteiger partial charge in [0.15, 0.2) is 34.5 Å². The number of morpholine rings is 1. The molecule has 1 saturated heterocycles. The van der Waals surface area contributed by atoms with Crippen molar-refractivity contribution in [3.8, 4) is 34.5 Å². The summed E-state index contributed by atoms with van der Waals surface area (Å²) in [6.07, 6.45) is 5.89. The van der Waals surface area contributed by atoms with Gasteiger partial charge in [0, 0.05) is 127 Å². The predicted molar refractivity (Wildman–Crippen MR) is 354 cm³/mol. The van der Waals surface area contributed by atoms with Crippen LogP contribution in [0.25, 0.3) is 0 Å². The average Bonchev–Trinajstić information content (AvgIpc) is 1.06. The van der Waals surface area contributed by atoms with Crippen LogP contribution in [0.5, 0.6) is 34.5 Å². The lowest BCUT2D eigenvalue weighted by Gasteiger charge is -2.27. The van der Waals surface area contributed by atoms with Crippen molar-refractivity contribution in [2.75, 3.05) is 52.7 Å². The van der Waals surface area contributed by atoms with Crippen LogP contribution in [0, 0.1) is 0 Å². The van der Waals surface area contributed by atoms with E-state index in [0.717, 1.165) is 51.2 Å². The van der Waals surface area contributed by atoms with Crippen LogP contribution in [0.3, 0.4) is 0 Å². The van der Waals surface area contributed by atoms with Crippen LogP contribution >= 0.6 is 0 Å². The molecule has 1 fully saturated rings. The maximum Gasteiger partial charge on any atom is 0.305 e. The number of aromatic nitrogens is 6. The summed E-state index contributed by atoms with van der Waals surface area (Å²) in [5, 5.41) is 139. The topological polar surface area (TPSA) is 465 Å². The lowest BCUT2D eigenvalue weighted by Crippen LogP contribution is -2.47. The summed E-state index contributed by atoms with van der Waals surface area (Å²) < 4.78 is 15.3. The number of aliphatic hydroxyl groups is 8. The summed E-state index contributed by atoms with van der Waals surface area (Å²) in [7, 11) is 1.80. The van der Waals surface area contributed by atoms with Gasteiger partial charge in [0.2, 0.25) is 32.6 Å². The Morgan fingerprint density at radius 2 is 0.768 bits per heavy atom. The maximum absolute atomic E-state index is 11.4. The zero-order valence-electron chi connectivity index (χ0n) is 54.3. The summed E-state index contributed by atoms with van der Waals surface area (Å²) in [6, 6.07) is 7.70. The van der Waals surface area contributed by atoms with E-state index < -0.39 is 65.1 Å². The van der Waals surface area contributed by atoms with Crippen LogP contribution in [0.4, 0.5) is 0 Å². The monoisotopic (exact) mass is 1350 g/mol. The van der Waals surface area contributed by atoms with Gasteiger partial charge < -0.3 is 109 Å². The Hall–Kier alpha value is -8.43. The highest BCUT2D eigenvalue weighted by Crippen LogP contribution is 2.18. The van der Waals surface area contributed by atoms with Crippen molar-refractivity contribution in [2.24, 2.45) is 7.05 Å². The van der Waals surface area contributed by atoms with E-state index in [9.17, 15) is 89.7 Å². The number of aromatic hydroxyl groups is 6. The zero-order valence-corrected chi connectivity index (χ0v) is 54.3. The fourth-order valence-electron chi connectivity index (χ4n) is 9.61. The summed E-state index contributed by atoms with van der Waals surface area (Å²) in [4.78, 5) is 79.7. The Kier molecular flexibility index (Phi) is 38.8. The minimum Gasteiger partial charge on any atom is -0.503 e. The van der Waals surface area contributed by atoms with E-state index in [1.54, 1.807) is 64.7 Å². The van der Waals surface area contributed by atoms with Crippen molar-refractivity contribution in [1.82, 2.24) is 32.3 Å². The number of carbonyl (C=O) groups is 1. The van der Waals surface area contributed by atoms with Crippen molar-refractivity contribution in [2.45, 2.75) is 164 Å². The molecule has 532 valence electrons. The van der Waals surface area contributed by atoms with Gasteiger partial charge in [-0.05, 0) is 44.9 Å². The SMILES string of the molecule is C.CCc1c(O)c(=O)ccn1C.CCc1c(O)c(=O)ccn1CC(O)C(O)C(O)C(O)CO.CCc1c(O)c(=O)ccn1CC(O)CO.CCc1c(O)c(=O)ccn1CCC(=O)O.CCc1c(O)c(=O)ccn1CCCO.CCc1c(O)c(=O)ccn1CCN1CCOCC1. The molecule has 1 aliphatic rings. The molecular formula is C65H99N7O23. The first-order chi connectivity index (χ1) is 44.6. The number of rotatable bonds is 24. The van der Waals surface area contributed by atoms with E-state index in [1.165, 1.54) is 53.5 Å². The number of aliphatic carboxylic acids is 1. The number of nitrogens with zero attached hydrogens (tertiary/aromatic N) is 7. The third kappa shape index (κ3) is 26.0. The fraction of sp³-hybridized carbons (Fsp3) is 0.523. The third-order valence-electron chi connectivity index (χ3n) is 14.9. The summed E-state index contributed by atoms with van der Waals surface area (Å²) in [5.74, 6) is -2.32. The van der Waals surface area contributed by atoms with Crippen LogP contribution in [0.15, 0.2) is 102 Å². The average molecular weight is 1350 g/mol. The summed E-state index contributed by atoms with van der Waals surface area (Å²) in [6.45, 7) is 16.0. The number of pyridine rings is 6. The molecule has 0 saturated carbocycles. The van der Waals surface area contributed by atoms with Gasteiger partial charge in [-0.1, -0.05) is 49.0 Å². The van der Waals surface area contributed by atoms with Gasteiger partial charge in [0.05, 0.1) is 86.2 Å². The Bertz CT molecular complexity index is 3660. The number of hydrogen-bond acceptors (Lipinski definition) is 23. The molecule has 30 heteroatoms. The molecule has 0 bridgehead atoms. The van der Waals surface area contributed by atoms with Crippen LogP contribution in [-0.4, -0.2) is 198 Å². The molecule has 7 heterocycles. The van der Waals surface area contributed by atoms with E-state index >= 15 is 0 Å². The summed E-state index contributed by atoms with van der Waals surface area (Å²) in [5.41, 5.74) is 0.898. The minimum absolute atomic E-state index is 0. The molecule has 0 spiro atoms. The van der Waals surface area contributed by atoms with Crippen molar-refractivity contribution >= 4 is 5.97 Å². The van der Waals surface area contributed by atoms with Gasteiger partial charge in [-0.2, -0.15) is 0 Å². The minimum atomic E-state index is -1.72. The van der Waals surface area contributed by atoms with Gasteiger partial charge in [-0.15, -0.1) is 0 Å². The molecular weight excluding hydrogens is 1250 g/mol. The number of aryl methyl sites for hydroxylation is 3. The van der Waals surface area contributed by atoms with Crippen molar-refractivity contribution < 1.29 is 86.1 Å². The number of ether oxygens (including phenoxy) is 1. The highest BCUT2D eigenvalue weighted by Gasteiger charge is 2.30. The van der Waals surface area contributed by atoms with Crippen LogP contribution in [0.1, 0.15) is 96.0 Å². The number of hydrogen-bond donors (Lipinski definition) is 15. The van der Waals surface area contributed by atoms with E-state index in [4.69, 9.17) is 25.2 Å². The van der Waals surface area contributed by atoms with Gasteiger partial charge in [-0.25, -0.2) is 0 Å². The Morgan fingerprint density at radius 3 is 1.12 bits per heavy atom. The van der Waals surface area contributed by atoms with E-state index in [-0.39, 0.29) is 97.4 Å². The molecule has 30 nitrogen and oxygen atoms in total. The highest BCUT2D eigenvalue weighted by molar-refractivity contribution is 5.66.